The molecule has 1 aliphatic rings. The molecule has 0 aliphatic carbocycles. The van der Waals surface area contributed by atoms with Gasteiger partial charge in [0.25, 0.3) is 5.56 Å². The molecule has 1 saturated heterocycles. The number of nitrogens with zero attached hydrogens (tertiary/aromatic N) is 3. The van der Waals surface area contributed by atoms with Crippen LogP contribution >= 0.6 is 0 Å². The Kier molecular flexibility index (Phi) is 8.78. The number of hydrogen-bond donors (Lipinski definition) is 2. The number of carbonyl (C=O) groups is 1. The van der Waals surface area contributed by atoms with E-state index in [0.717, 1.165) is 12.0 Å². The molecule has 0 bridgehead atoms. The molecule has 36 heavy (non-hydrogen) atoms. The molecule has 0 spiro atoms. The largest absolute Gasteiger partial charge is 0.383 e. The van der Waals surface area contributed by atoms with Crippen molar-refractivity contribution in [2.45, 2.75) is 64.8 Å². The minimum atomic E-state index is -3.66. The predicted octanol–water partition coefficient (Wildman–Crippen LogP) is 2.32. The molecule has 10 nitrogen and oxygen atoms in total. The Balaban J connectivity index is 1.85. The van der Waals surface area contributed by atoms with Crippen molar-refractivity contribution in [3.05, 3.63) is 50.7 Å². The Morgan fingerprint density at radius 1 is 1.17 bits per heavy atom. The molecule has 0 unspecified atom stereocenters. The van der Waals surface area contributed by atoms with Gasteiger partial charge in [-0.15, -0.1) is 0 Å². The summed E-state index contributed by atoms with van der Waals surface area (Å²) in [6.45, 7) is 8.71. The number of sulfonamides is 1. The van der Waals surface area contributed by atoms with Gasteiger partial charge < -0.3 is 10.6 Å². The van der Waals surface area contributed by atoms with Crippen LogP contribution in [0.1, 0.15) is 52.0 Å². The normalized spacial score (nSPS) is 15.4. The van der Waals surface area contributed by atoms with Crippen molar-refractivity contribution in [2.75, 3.05) is 30.3 Å². The summed E-state index contributed by atoms with van der Waals surface area (Å²) in [5, 5.41) is 0. The number of aromatic nitrogens is 2. The number of anilines is 2. The second kappa shape index (κ2) is 11.4. The second-order valence-electron chi connectivity index (χ2n) is 9.83. The summed E-state index contributed by atoms with van der Waals surface area (Å²) in [7, 11) is -3.66. The highest BCUT2D eigenvalue weighted by atomic mass is 32.2. The Morgan fingerprint density at radius 3 is 2.33 bits per heavy atom. The maximum Gasteiger partial charge on any atom is 0.330 e. The zero-order valence-corrected chi connectivity index (χ0v) is 22.3. The summed E-state index contributed by atoms with van der Waals surface area (Å²) < 4.78 is 28.8. The molecule has 1 aliphatic heterocycles. The van der Waals surface area contributed by atoms with Gasteiger partial charge in [0, 0.05) is 32.1 Å². The number of aromatic amines is 1. The molecule has 11 heteroatoms. The number of carbonyl (C=O) groups excluding carboxylic acids is 1. The monoisotopic (exact) mass is 519 g/mol. The number of unbranched alkanes of at least 4 members (excludes halogenated alkanes) is 1. The van der Waals surface area contributed by atoms with E-state index in [1.807, 2.05) is 27.7 Å². The number of rotatable bonds is 9. The molecule has 1 aromatic heterocycles. The molecule has 198 valence electrons. The molecule has 0 radical (unpaired) electrons. The third-order valence-corrected chi connectivity index (χ3v) is 8.41. The van der Waals surface area contributed by atoms with Crippen LogP contribution in [0.4, 0.5) is 11.5 Å². The molecule has 0 saturated carbocycles. The Labute approximate surface area is 212 Å². The van der Waals surface area contributed by atoms with Crippen LogP contribution in [0.5, 0.6) is 0 Å². The average molecular weight is 520 g/mol. The lowest BCUT2D eigenvalue weighted by atomic mass is 9.96. The van der Waals surface area contributed by atoms with Gasteiger partial charge in [-0.2, -0.15) is 4.31 Å². The van der Waals surface area contributed by atoms with E-state index in [1.54, 1.807) is 24.3 Å². The first-order valence-electron chi connectivity index (χ1n) is 12.5. The van der Waals surface area contributed by atoms with E-state index in [-0.39, 0.29) is 47.9 Å². The zero-order valence-electron chi connectivity index (χ0n) is 21.5. The number of piperidine rings is 1. The second-order valence-corrected chi connectivity index (χ2v) is 11.8. The fourth-order valence-corrected chi connectivity index (χ4v) is 5.93. The average Bonchev–Trinajstić information content (AvgIpc) is 2.83. The van der Waals surface area contributed by atoms with E-state index in [9.17, 15) is 22.8 Å². The van der Waals surface area contributed by atoms with Crippen LogP contribution in [0.15, 0.2) is 38.8 Å². The molecular weight excluding hydrogens is 482 g/mol. The number of amides is 1. The van der Waals surface area contributed by atoms with E-state index in [4.69, 9.17) is 5.73 Å². The van der Waals surface area contributed by atoms with Crippen LogP contribution in [0.25, 0.3) is 0 Å². The van der Waals surface area contributed by atoms with Gasteiger partial charge in [-0.3, -0.25) is 19.1 Å². The lowest BCUT2D eigenvalue weighted by Crippen LogP contribution is -2.48. The van der Waals surface area contributed by atoms with Crippen LogP contribution in [-0.2, 0) is 21.4 Å². The Hall–Kier alpha value is -2.92. The fourth-order valence-electron chi connectivity index (χ4n) is 4.46. The highest BCUT2D eigenvalue weighted by molar-refractivity contribution is 7.89. The molecule has 1 amide bonds. The van der Waals surface area contributed by atoms with Crippen molar-refractivity contribution in [2.24, 2.45) is 11.8 Å². The van der Waals surface area contributed by atoms with Crippen LogP contribution in [-0.4, -0.2) is 47.8 Å². The summed E-state index contributed by atoms with van der Waals surface area (Å²) >= 11 is 0. The van der Waals surface area contributed by atoms with Crippen LogP contribution in [0.2, 0.25) is 0 Å². The quantitative estimate of drug-likeness (QED) is 0.521. The number of hydrogen-bond acceptors (Lipinski definition) is 6. The van der Waals surface area contributed by atoms with Crippen molar-refractivity contribution < 1.29 is 13.2 Å². The maximum absolute atomic E-state index is 13.7. The summed E-state index contributed by atoms with van der Waals surface area (Å²) in [5.41, 5.74) is 5.95. The van der Waals surface area contributed by atoms with Gasteiger partial charge in [0.1, 0.15) is 5.82 Å². The van der Waals surface area contributed by atoms with Crippen LogP contribution in [0, 0.1) is 18.8 Å². The summed E-state index contributed by atoms with van der Waals surface area (Å²) in [6, 6.07) is 6.70. The summed E-state index contributed by atoms with van der Waals surface area (Å²) in [6.07, 6.45) is 2.18. The predicted molar refractivity (Wildman–Crippen MR) is 140 cm³/mol. The van der Waals surface area contributed by atoms with Crippen molar-refractivity contribution in [3.8, 4) is 0 Å². The molecule has 3 N–H and O–H groups in total. The third kappa shape index (κ3) is 5.89. The first-order chi connectivity index (χ1) is 17.0. The van der Waals surface area contributed by atoms with E-state index in [1.165, 1.54) is 13.8 Å². The Morgan fingerprint density at radius 2 is 1.78 bits per heavy atom. The maximum atomic E-state index is 13.7. The topological polar surface area (TPSA) is 139 Å². The van der Waals surface area contributed by atoms with Crippen molar-refractivity contribution in [1.29, 1.82) is 0 Å². The van der Waals surface area contributed by atoms with Gasteiger partial charge in [-0.05, 0) is 44.2 Å². The van der Waals surface area contributed by atoms with Crippen molar-refractivity contribution in [1.82, 2.24) is 13.9 Å². The third-order valence-electron chi connectivity index (χ3n) is 6.49. The highest BCUT2D eigenvalue weighted by Crippen LogP contribution is 2.28. The highest BCUT2D eigenvalue weighted by Gasteiger charge is 2.36. The molecular formula is C25H37N5O5S. The first kappa shape index (κ1) is 27.7. The minimum Gasteiger partial charge on any atom is -0.383 e. The SMILES string of the molecule is CCCCn1c(N)c(N(CC(C)C)C(=O)C2CCN(S(=O)(=O)c3ccc(C)cc3)CC2)c(=O)[nH]c1=O. The number of benzene rings is 1. The van der Waals surface area contributed by atoms with E-state index in [0.29, 0.717) is 25.8 Å². The number of H-pyrrole nitrogens is 1. The van der Waals surface area contributed by atoms with Crippen molar-refractivity contribution in [3.63, 3.8) is 0 Å². The number of nitrogens with one attached hydrogen (secondary N) is 1. The van der Waals surface area contributed by atoms with Gasteiger partial charge >= 0.3 is 5.69 Å². The first-order valence-corrected chi connectivity index (χ1v) is 13.9. The van der Waals surface area contributed by atoms with E-state index in [2.05, 4.69) is 4.98 Å². The molecule has 1 aromatic carbocycles. The smallest absolute Gasteiger partial charge is 0.330 e. The van der Waals surface area contributed by atoms with Crippen LogP contribution < -0.4 is 21.9 Å². The minimum absolute atomic E-state index is 0.0147. The number of nitrogen functional groups attached to an aromatic ring is 1. The summed E-state index contributed by atoms with van der Waals surface area (Å²) in [5.74, 6) is -0.742. The van der Waals surface area contributed by atoms with Gasteiger partial charge in [-0.1, -0.05) is 44.9 Å². The molecule has 0 atom stereocenters. The van der Waals surface area contributed by atoms with Gasteiger partial charge in [0.2, 0.25) is 15.9 Å². The fraction of sp³-hybridized carbons (Fsp3) is 0.560. The van der Waals surface area contributed by atoms with E-state index >= 15 is 0 Å². The van der Waals surface area contributed by atoms with Crippen LogP contribution in [0.3, 0.4) is 0 Å². The molecule has 2 heterocycles. The Bertz CT molecular complexity index is 1290. The van der Waals surface area contributed by atoms with Gasteiger partial charge in [0.15, 0.2) is 5.69 Å². The van der Waals surface area contributed by atoms with Gasteiger partial charge in [0.05, 0.1) is 4.90 Å². The van der Waals surface area contributed by atoms with E-state index < -0.39 is 27.2 Å². The molecule has 1 fully saturated rings. The summed E-state index contributed by atoms with van der Waals surface area (Å²) in [4.78, 5) is 42.8. The zero-order chi connectivity index (χ0) is 26.6. The molecule has 2 aromatic rings. The lowest BCUT2D eigenvalue weighted by Gasteiger charge is -2.34. The lowest BCUT2D eigenvalue weighted by molar-refractivity contribution is -0.123. The standard InChI is InChI=1S/C25H37N5O5S/c1-5-6-13-29-22(26)21(23(31)27-25(29)33)30(16-17(2)3)24(32)19-11-14-28(15-12-19)36(34,35)20-9-7-18(4)8-10-20/h7-10,17,19H,5-6,11-16,26H2,1-4H3,(H,27,31,33). The number of nitrogens with two attached hydrogens (primary N) is 1. The van der Waals surface area contributed by atoms with Gasteiger partial charge in [-0.25, -0.2) is 13.2 Å². The number of aryl methyl sites for hydroxylation is 1. The van der Waals surface area contributed by atoms with Crippen molar-refractivity contribution >= 4 is 27.4 Å². The molecule has 3 rings (SSSR count).